The number of amides is 2. The molecule has 8 rings (SSSR count). The molecule has 6 aromatic rings. The van der Waals surface area contributed by atoms with E-state index >= 15 is 0 Å². The number of nitrogen functional groups attached to an aromatic ring is 1. The number of anilines is 5. The van der Waals surface area contributed by atoms with E-state index < -0.39 is 11.2 Å². The van der Waals surface area contributed by atoms with Crippen molar-refractivity contribution in [3.05, 3.63) is 99.4 Å². The van der Waals surface area contributed by atoms with Crippen molar-refractivity contribution < 1.29 is 28.5 Å². The van der Waals surface area contributed by atoms with Gasteiger partial charge in [0.2, 0.25) is 11.2 Å². The number of nitrogens with two attached hydrogens (primary N) is 1. The molecular weight excluding hydrogens is 1010 g/mol. The minimum atomic E-state index is -0.491. The van der Waals surface area contributed by atoms with Gasteiger partial charge in [0.1, 0.15) is 22.7 Å². The van der Waals surface area contributed by atoms with E-state index in [0.717, 1.165) is 74.0 Å². The van der Waals surface area contributed by atoms with Gasteiger partial charge in [-0.05, 0) is 121 Å². The van der Waals surface area contributed by atoms with E-state index in [-0.39, 0.29) is 17.5 Å². The Morgan fingerprint density at radius 2 is 1.10 bits per heavy atom. The van der Waals surface area contributed by atoms with Crippen LogP contribution in [0, 0.1) is 0 Å². The molecule has 0 aliphatic carbocycles. The van der Waals surface area contributed by atoms with Crippen LogP contribution in [0.15, 0.2) is 94.1 Å². The van der Waals surface area contributed by atoms with Crippen LogP contribution in [0.2, 0.25) is 5.28 Å². The molecule has 2 aliphatic rings. The third-order valence-electron chi connectivity index (χ3n) is 10.3. The zero-order valence-corrected chi connectivity index (χ0v) is 42.9. The molecule has 2 aromatic heterocycles. The van der Waals surface area contributed by atoms with Crippen molar-refractivity contribution in [1.29, 1.82) is 0 Å². The quantitative estimate of drug-likeness (QED) is 0.119. The molecule has 2 aliphatic heterocycles. The number of piperazine rings is 2. The number of ether oxygens (including phenoxy) is 4. The zero-order valence-electron chi connectivity index (χ0n) is 39.0. The number of fused-ring (bicyclic) bond motifs is 2. The van der Waals surface area contributed by atoms with Crippen LogP contribution in [0.4, 0.5) is 38.3 Å². The average Bonchev–Trinajstić information content (AvgIpc) is 3.29. The van der Waals surface area contributed by atoms with Gasteiger partial charge in [0.25, 0.3) is 0 Å². The number of nitrogens with one attached hydrogen (secondary N) is 1. The predicted octanol–water partition coefficient (Wildman–Crippen LogP) is 10.6. The van der Waals surface area contributed by atoms with Gasteiger partial charge in [-0.15, -0.1) is 0 Å². The molecule has 67 heavy (non-hydrogen) atoms. The highest BCUT2D eigenvalue weighted by atomic mass is 79.9. The summed E-state index contributed by atoms with van der Waals surface area (Å²) in [5.74, 6) is 1.86. The number of rotatable bonds is 6. The van der Waals surface area contributed by atoms with E-state index in [1.54, 1.807) is 36.4 Å². The van der Waals surface area contributed by atoms with E-state index in [9.17, 15) is 9.59 Å². The highest BCUT2D eigenvalue weighted by Crippen LogP contribution is 2.33. The number of carbonyl (C=O) groups excluding carboxylic acids is 2. The fourth-order valence-corrected chi connectivity index (χ4v) is 8.10. The van der Waals surface area contributed by atoms with Gasteiger partial charge < -0.3 is 49.6 Å². The van der Waals surface area contributed by atoms with E-state index in [1.165, 1.54) is 0 Å². The van der Waals surface area contributed by atoms with Gasteiger partial charge in [0.05, 0.1) is 36.6 Å². The second kappa shape index (κ2) is 22.3. The normalized spacial score (nSPS) is 14.1. The van der Waals surface area contributed by atoms with E-state index in [2.05, 4.69) is 66.9 Å². The van der Waals surface area contributed by atoms with E-state index in [1.807, 2.05) is 114 Å². The maximum Gasteiger partial charge on any atom is 0.410 e. The van der Waals surface area contributed by atoms with Gasteiger partial charge in [0.15, 0.2) is 0 Å². The van der Waals surface area contributed by atoms with Crippen molar-refractivity contribution in [3.63, 3.8) is 0 Å². The van der Waals surface area contributed by atoms with Crippen molar-refractivity contribution in [2.24, 2.45) is 0 Å². The van der Waals surface area contributed by atoms with Crippen LogP contribution in [0.25, 0.3) is 21.8 Å². The number of halogens is 3. The lowest BCUT2D eigenvalue weighted by Gasteiger charge is -2.37. The molecule has 0 radical (unpaired) electrons. The summed E-state index contributed by atoms with van der Waals surface area (Å²) in [6, 6.07) is 23.4. The Bertz CT molecular complexity index is 2670. The van der Waals surface area contributed by atoms with Crippen molar-refractivity contribution >= 4 is 106 Å². The van der Waals surface area contributed by atoms with Crippen molar-refractivity contribution in [2.45, 2.75) is 52.7 Å². The first kappa shape index (κ1) is 50.6. The van der Waals surface area contributed by atoms with Crippen LogP contribution in [0.5, 0.6) is 11.5 Å². The molecule has 0 saturated carbocycles. The van der Waals surface area contributed by atoms with Crippen molar-refractivity contribution in [1.82, 2.24) is 29.7 Å². The Balaban J connectivity index is 0.000000186. The summed E-state index contributed by atoms with van der Waals surface area (Å²) in [4.78, 5) is 49.3. The Hall–Kier alpha value is -5.85. The molecule has 3 N–H and O–H groups in total. The molecular formula is C48H57Br2ClN10O6. The summed E-state index contributed by atoms with van der Waals surface area (Å²) in [6.45, 7) is 16.7. The van der Waals surface area contributed by atoms with E-state index in [4.69, 9.17) is 36.3 Å². The second-order valence-electron chi connectivity index (χ2n) is 17.5. The number of hydrogen-bond acceptors (Lipinski definition) is 14. The summed E-state index contributed by atoms with van der Waals surface area (Å²) < 4.78 is 23.6. The molecule has 0 bridgehead atoms. The predicted molar refractivity (Wildman–Crippen MR) is 273 cm³/mol. The zero-order chi connectivity index (χ0) is 48.5. The Kier molecular flexibility index (Phi) is 16.8. The van der Waals surface area contributed by atoms with Crippen LogP contribution < -0.4 is 30.3 Å². The average molecular weight is 1070 g/mol. The molecule has 356 valence electrons. The molecule has 4 aromatic carbocycles. The van der Waals surface area contributed by atoms with Crippen molar-refractivity contribution in [2.75, 3.05) is 87.4 Å². The number of aromatic nitrogens is 4. The summed E-state index contributed by atoms with van der Waals surface area (Å²) in [6.07, 6.45) is 2.99. The smallest absolute Gasteiger partial charge is 0.410 e. The molecule has 4 heterocycles. The minimum absolute atomic E-state index is 0.248. The molecule has 0 atom stereocenters. The van der Waals surface area contributed by atoms with Crippen LogP contribution in [-0.4, -0.2) is 120 Å². The third-order valence-corrected chi connectivity index (χ3v) is 11.8. The molecule has 2 amide bonds. The van der Waals surface area contributed by atoms with Crippen LogP contribution in [-0.2, 0) is 9.47 Å². The topological polar surface area (TPSA) is 174 Å². The standard InChI is InChI=1S/C24H28BrN5O3.C16H25N3O3.C8H4BrClN2/c1-24(2,3)33-23(31)30-12-10-29(11-13-30)17-8-9-19(20(14-17)32-4)27-22-26-15-16-6-5-7-18(25)21(16)28-22;1-16(2,3)22-15(20)19-9-7-18(8-10-19)12-5-6-13(17)14(11-12)21-4;9-6-3-1-2-5-4-11-8(10)12-7(5)6/h5-9,14-15H,10-13H2,1-4H3,(H,26,27,28);5-6,11H,7-10,17H2,1-4H3;1-4H. The molecule has 2 fully saturated rings. The minimum Gasteiger partial charge on any atom is -0.495 e. The van der Waals surface area contributed by atoms with Gasteiger partial charge in [-0.3, -0.25) is 0 Å². The largest absolute Gasteiger partial charge is 0.495 e. The first-order chi connectivity index (χ1) is 31.8. The summed E-state index contributed by atoms with van der Waals surface area (Å²) in [5, 5.41) is 5.47. The first-order valence-electron chi connectivity index (χ1n) is 21.6. The van der Waals surface area contributed by atoms with Gasteiger partial charge in [-0.1, -0.05) is 24.3 Å². The summed E-state index contributed by atoms with van der Waals surface area (Å²) >= 11 is 12.6. The lowest BCUT2D eigenvalue weighted by Crippen LogP contribution is -2.50. The Morgan fingerprint density at radius 1 is 0.642 bits per heavy atom. The number of carbonyl (C=O) groups is 2. The van der Waals surface area contributed by atoms with Crippen LogP contribution in [0.3, 0.4) is 0 Å². The molecule has 0 unspecified atom stereocenters. The first-order valence-corrected chi connectivity index (χ1v) is 23.6. The second-order valence-corrected chi connectivity index (χ2v) is 19.6. The van der Waals surface area contributed by atoms with E-state index in [0.29, 0.717) is 49.3 Å². The monoisotopic (exact) mass is 1060 g/mol. The molecule has 19 heteroatoms. The van der Waals surface area contributed by atoms with Gasteiger partial charge in [-0.25, -0.2) is 29.5 Å². The number of para-hydroxylation sites is 2. The summed E-state index contributed by atoms with van der Waals surface area (Å²) in [7, 11) is 3.25. The number of nitrogens with zero attached hydrogens (tertiary/aromatic N) is 8. The Morgan fingerprint density at radius 3 is 1.60 bits per heavy atom. The fourth-order valence-electron chi connectivity index (χ4n) is 7.02. The van der Waals surface area contributed by atoms with Gasteiger partial charge >= 0.3 is 12.2 Å². The molecule has 2 saturated heterocycles. The van der Waals surface area contributed by atoms with Crippen LogP contribution >= 0.6 is 43.5 Å². The van der Waals surface area contributed by atoms with Crippen molar-refractivity contribution in [3.8, 4) is 11.5 Å². The highest BCUT2D eigenvalue weighted by molar-refractivity contribution is 9.11. The lowest BCUT2D eigenvalue weighted by atomic mass is 10.2. The SMILES string of the molecule is COc1cc(N2CCN(C(=O)OC(C)(C)C)CC2)ccc1N.COc1cc(N2CCN(C(=O)OC(C)(C)C)CC2)ccc1Nc1ncc2cccc(Br)c2n1.Clc1ncc2cccc(Br)c2n1. The maximum absolute atomic E-state index is 12.3. The summed E-state index contributed by atoms with van der Waals surface area (Å²) in [5.41, 5.74) is 10.1. The molecule has 0 spiro atoms. The van der Waals surface area contributed by atoms with Gasteiger partial charge in [0, 0.05) is 108 Å². The number of hydrogen-bond donors (Lipinski definition) is 2. The third kappa shape index (κ3) is 14.1. The molecule has 16 nitrogen and oxygen atoms in total. The van der Waals surface area contributed by atoms with Gasteiger partial charge in [-0.2, -0.15) is 0 Å². The number of methoxy groups -OCH3 is 2. The fraction of sp³-hybridized carbons (Fsp3) is 0.375. The maximum atomic E-state index is 12.3. The number of benzene rings is 4. The Labute approximate surface area is 413 Å². The highest BCUT2D eigenvalue weighted by Gasteiger charge is 2.28. The lowest BCUT2D eigenvalue weighted by molar-refractivity contribution is 0.0230. The van der Waals surface area contributed by atoms with Crippen LogP contribution in [0.1, 0.15) is 41.5 Å².